The number of aromatic nitrogens is 2. The number of imidazole rings is 1. The molecule has 0 bridgehead atoms. The van der Waals surface area contributed by atoms with Gasteiger partial charge in [0, 0.05) is 32.4 Å². The van der Waals surface area contributed by atoms with Gasteiger partial charge in [0.15, 0.2) is 0 Å². The van der Waals surface area contributed by atoms with Crippen molar-refractivity contribution in [3.63, 3.8) is 0 Å². The van der Waals surface area contributed by atoms with Gasteiger partial charge in [-0.1, -0.05) is 26.8 Å². The van der Waals surface area contributed by atoms with Crippen LogP contribution in [0.15, 0.2) is 25.0 Å². The summed E-state index contributed by atoms with van der Waals surface area (Å²) >= 11 is 0. The first kappa shape index (κ1) is 15.0. The first-order valence-electron chi connectivity index (χ1n) is 6.77. The lowest BCUT2D eigenvalue weighted by atomic mass is 9.85. The summed E-state index contributed by atoms with van der Waals surface area (Å²) in [6.45, 7) is 12.7. The van der Waals surface area contributed by atoms with Crippen molar-refractivity contribution in [2.24, 2.45) is 18.4 Å². The SMILES string of the molecule is C=CC(C)(CCc1nccn1C)CNCC(C)C. The number of rotatable bonds is 8. The Bertz CT molecular complexity index is 368. The zero-order valence-electron chi connectivity index (χ0n) is 12.2. The molecule has 1 N–H and O–H groups in total. The zero-order chi connectivity index (χ0) is 13.6. The van der Waals surface area contributed by atoms with Crippen molar-refractivity contribution in [3.8, 4) is 0 Å². The molecular formula is C15H27N3. The van der Waals surface area contributed by atoms with Gasteiger partial charge < -0.3 is 9.88 Å². The molecule has 0 radical (unpaired) electrons. The fourth-order valence-corrected chi connectivity index (χ4v) is 1.94. The van der Waals surface area contributed by atoms with E-state index in [1.54, 1.807) is 0 Å². The van der Waals surface area contributed by atoms with E-state index in [1.807, 2.05) is 19.4 Å². The van der Waals surface area contributed by atoms with Gasteiger partial charge in [0.1, 0.15) is 5.82 Å². The molecule has 0 aliphatic carbocycles. The highest BCUT2D eigenvalue weighted by atomic mass is 15.0. The molecule has 1 heterocycles. The highest BCUT2D eigenvalue weighted by molar-refractivity contribution is 4.98. The molecule has 18 heavy (non-hydrogen) atoms. The van der Waals surface area contributed by atoms with Crippen molar-refractivity contribution >= 4 is 0 Å². The molecular weight excluding hydrogens is 222 g/mol. The fourth-order valence-electron chi connectivity index (χ4n) is 1.94. The third kappa shape index (κ3) is 4.65. The summed E-state index contributed by atoms with van der Waals surface area (Å²) in [5, 5.41) is 3.52. The van der Waals surface area contributed by atoms with Crippen molar-refractivity contribution in [3.05, 3.63) is 30.9 Å². The summed E-state index contributed by atoms with van der Waals surface area (Å²) in [6.07, 6.45) is 8.00. The number of hydrogen-bond acceptors (Lipinski definition) is 2. The Hall–Kier alpha value is -1.09. The Kier molecular flexibility index (Phi) is 5.60. The average Bonchev–Trinajstić information content (AvgIpc) is 2.72. The van der Waals surface area contributed by atoms with E-state index in [-0.39, 0.29) is 5.41 Å². The number of hydrogen-bond donors (Lipinski definition) is 1. The molecule has 1 unspecified atom stereocenters. The zero-order valence-corrected chi connectivity index (χ0v) is 12.2. The summed E-state index contributed by atoms with van der Waals surface area (Å²) in [5.41, 5.74) is 0.140. The lowest BCUT2D eigenvalue weighted by molar-refractivity contribution is 0.351. The van der Waals surface area contributed by atoms with Crippen LogP contribution in [0.1, 0.15) is 33.0 Å². The molecule has 1 rings (SSSR count). The Balaban J connectivity index is 2.44. The van der Waals surface area contributed by atoms with Crippen molar-refractivity contribution in [1.82, 2.24) is 14.9 Å². The molecule has 1 aromatic heterocycles. The summed E-state index contributed by atoms with van der Waals surface area (Å²) in [4.78, 5) is 4.37. The Morgan fingerprint density at radius 3 is 2.78 bits per heavy atom. The van der Waals surface area contributed by atoms with E-state index < -0.39 is 0 Å². The Labute approximate surface area is 111 Å². The summed E-state index contributed by atoms with van der Waals surface area (Å²) in [5.74, 6) is 1.83. The van der Waals surface area contributed by atoms with E-state index in [4.69, 9.17) is 0 Å². The van der Waals surface area contributed by atoms with Gasteiger partial charge in [0.05, 0.1) is 0 Å². The summed E-state index contributed by atoms with van der Waals surface area (Å²) in [6, 6.07) is 0. The molecule has 0 fully saturated rings. The van der Waals surface area contributed by atoms with Crippen LogP contribution in [0.25, 0.3) is 0 Å². The van der Waals surface area contributed by atoms with Gasteiger partial charge in [-0.05, 0) is 24.3 Å². The molecule has 0 spiro atoms. The van der Waals surface area contributed by atoms with Crippen LogP contribution in [-0.4, -0.2) is 22.6 Å². The number of aryl methyl sites for hydroxylation is 2. The van der Waals surface area contributed by atoms with Crippen molar-refractivity contribution < 1.29 is 0 Å². The minimum atomic E-state index is 0.140. The molecule has 0 aromatic carbocycles. The molecule has 0 saturated heterocycles. The normalized spacial score (nSPS) is 14.7. The maximum atomic E-state index is 4.37. The minimum Gasteiger partial charge on any atom is -0.338 e. The summed E-state index contributed by atoms with van der Waals surface area (Å²) < 4.78 is 2.09. The third-order valence-corrected chi connectivity index (χ3v) is 3.41. The third-order valence-electron chi connectivity index (χ3n) is 3.41. The van der Waals surface area contributed by atoms with E-state index >= 15 is 0 Å². The molecule has 3 heteroatoms. The second kappa shape index (κ2) is 6.74. The van der Waals surface area contributed by atoms with E-state index in [9.17, 15) is 0 Å². The van der Waals surface area contributed by atoms with Crippen LogP contribution >= 0.6 is 0 Å². The fraction of sp³-hybridized carbons (Fsp3) is 0.667. The molecule has 0 amide bonds. The number of nitrogens with zero attached hydrogens (tertiary/aromatic N) is 2. The predicted molar refractivity (Wildman–Crippen MR) is 77.5 cm³/mol. The standard InChI is InChI=1S/C15H27N3/c1-6-15(4,12-16-11-13(2)3)8-7-14-17-9-10-18(14)5/h6,9-10,13,16H,1,7-8,11-12H2,2-5H3. The second-order valence-electron chi connectivity index (χ2n) is 5.84. The first-order valence-corrected chi connectivity index (χ1v) is 6.77. The molecule has 0 saturated carbocycles. The molecule has 102 valence electrons. The summed E-state index contributed by atoms with van der Waals surface area (Å²) in [7, 11) is 2.05. The topological polar surface area (TPSA) is 29.9 Å². The Morgan fingerprint density at radius 2 is 2.28 bits per heavy atom. The number of nitrogens with one attached hydrogen (secondary N) is 1. The van der Waals surface area contributed by atoms with E-state index in [2.05, 4.69) is 48.3 Å². The largest absolute Gasteiger partial charge is 0.338 e. The van der Waals surface area contributed by atoms with Crippen LogP contribution in [0.3, 0.4) is 0 Å². The maximum Gasteiger partial charge on any atom is 0.108 e. The van der Waals surface area contributed by atoms with Gasteiger partial charge in [-0.2, -0.15) is 0 Å². The van der Waals surface area contributed by atoms with Gasteiger partial charge in [-0.25, -0.2) is 4.98 Å². The molecule has 1 aromatic rings. The molecule has 1 atom stereocenters. The minimum absolute atomic E-state index is 0.140. The van der Waals surface area contributed by atoms with E-state index in [1.165, 1.54) is 0 Å². The smallest absolute Gasteiger partial charge is 0.108 e. The maximum absolute atomic E-state index is 4.37. The van der Waals surface area contributed by atoms with Crippen LogP contribution in [0.2, 0.25) is 0 Å². The van der Waals surface area contributed by atoms with Gasteiger partial charge in [-0.15, -0.1) is 6.58 Å². The van der Waals surface area contributed by atoms with Gasteiger partial charge in [-0.3, -0.25) is 0 Å². The molecule has 0 aliphatic rings. The van der Waals surface area contributed by atoms with E-state index in [0.29, 0.717) is 5.92 Å². The van der Waals surface area contributed by atoms with Crippen molar-refractivity contribution in [2.75, 3.05) is 13.1 Å². The quantitative estimate of drug-likeness (QED) is 0.718. The van der Waals surface area contributed by atoms with Crippen LogP contribution in [0.5, 0.6) is 0 Å². The van der Waals surface area contributed by atoms with Gasteiger partial charge >= 0.3 is 0 Å². The van der Waals surface area contributed by atoms with Crippen LogP contribution in [0, 0.1) is 11.3 Å². The highest BCUT2D eigenvalue weighted by Gasteiger charge is 2.20. The van der Waals surface area contributed by atoms with Crippen LogP contribution in [-0.2, 0) is 13.5 Å². The first-order chi connectivity index (χ1) is 8.47. The van der Waals surface area contributed by atoms with E-state index in [0.717, 1.165) is 31.8 Å². The van der Waals surface area contributed by atoms with Crippen LogP contribution in [0.4, 0.5) is 0 Å². The molecule has 3 nitrogen and oxygen atoms in total. The monoisotopic (exact) mass is 249 g/mol. The van der Waals surface area contributed by atoms with Crippen molar-refractivity contribution in [2.45, 2.75) is 33.6 Å². The molecule has 0 aliphatic heterocycles. The lowest BCUT2D eigenvalue weighted by Gasteiger charge is -2.26. The Morgan fingerprint density at radius 1 is 1.56 bits per heavy atom. The average molecular weight is 249 g/mol. The van der Waals surface area contributed by atoms with Gasteiger partial charge in [0.25, 0.3) is 0 Å². The van der Waals surface area contributed by atoms with Crippen LogP contribution < -0.4 is 5.32 Å². The predicted octanol–water partition coefficient (Wildman–Crippen LogP) is 2.79. The van der Waals surface area contributed by atoms with Gasteiger partial charge in [0.2, 0.25) is 0 Å². The highest BCUT2D eigenvalue weighted by Crippen LogP contribution is 2.23. The van der Waals surface area contributed by atoms with Crippen molar-refractivity contribution in [1.29, 1.82) is 0 Å². The second-order valence-corrected chi connectivity index (χ2v) is 5.84. The lowest BCUT2D eigenvalue weighted by Crippen LogP contribution is -2.33.